The molecule has 8 nitrogen and oxygen atoms in total. The van der Waals surface area contributed by atoms with Gasteiger partial charge in [0.2, 0.25) is 5.95 Å². The fraction of sp³-hybridized carbons (Fsp3) is 0.409. The summed E-state index contributed by atoms with van der Waals surface area (Å²) in [4.78, 5) is 28.0. The molecule has 0 radical (unpaired) electrons. The predicted molar refractivity (Wildman–Crippen MR) is 113 cm³/mol. The highest BCUT2D eigenvalue weighted by Crippen LogP contribution is 2.41. The molecule has 2 aliphatic heterocycles. The molecule has 5 rings (SSSR count). The van der Waals surface area contributed by atoms with Crippen LogP contribution in [0.2, 0.25) is 0 Å². The van der Waals surface area contributed by atoms with Crippen LogP contribution in [0.25, 0.3) is 5.69 Å². The number of piperidine rings is 1. The fourth-order valence-corrected chi connectivity index (χ4v) is 4.78. The summed E-state index contributed by atoms with van der Waals surface area (Å²) >= 11 is 0. The summed E-state index contributed by atoms with van der Waals surface area (Å²) in [6.45, 7) is 5.88. The van der Waals surface area contributed by atoms with Gasteiger partial charge in [-0.05, 0) is 51.3 Å². The molecule has 0 N–H and O–H groups in total. The van der Waals surface area contributed by atoms with Crippen molar-refractivity contribution >= 4 is 11.9 Å². The monoisotopic (exact) mass is 421 g/mol. The molecule has 2 fully saturated rings. The normalized spacial score (nSPS) is 20.7. The molecule has 1 amide bonds. The summed E-state index contributed by atoms with van der Waals surface area (Å²) in [6.07, 6.45) is 5.77. The van der Waals surface area contributed by atoms with E-state index in [4.69, 9.17) is 0 Å². The van der Waals surface area contributed by atoms with Gasteiger partial charge in [0.05, 0.1) is 17.9 Å². The highest BCUT2D eigenvalue weighted by atomic mass is 19.1. The molecule has 0 bridgehead atoms. The smallest absolute Gasteiger partial charge is 0.259 e. The summed E-state index contributed by atoms with van der Waals surface area (Å²) < 4.78 is 14.8. The van der Waals surface area contributed by atoms with Crippen LogP contribution in [-0.4, -0.2) is 60.9 Å². The third-order valence-corrected chi connectivity index (χ3v) is 6.27. The summed E-state index contributed by atoms with van der Waals surface area (Å²) in [6, 6.07) is 6.48. The predicted octanol–water partition coefficient (Wildman–Crippen LogP) is 2.70. The average molecular weight is 421 g/mol. The Bertz CT molecular complexity index is 1110. The molecule has 160 valence electrons. The number of carbonyl (C=O) groups excluding carboxylic acids is 1. The van der Waals surface area contributed by atoms with Crippen molar-refractivity contribution in [3.05, 3.63) is 59.4 Å². The maximum atomic E-state index is 14.8. The molecule has 0 saturated carbocycles. The number of benzene rings is 1. The first-order valence-electron chi connectivity index (χ1n) is 10.5. The lowest BCUT2D eigenvalue weighted by atomic mass is 9.77. The van der Waals surface area contributed by atoms with Crippen molar-refractivity contribution in [2.75, 3.05) is 24.5 Å². The number of aryl methyl sites for hydroxylation is 2. The quantitative estimate of drug-likeness (QED) is 0.647. The maximum absolute atomic E-state index is 14.8. The van der Waals surface area contributed by atoms with Crippen LogP contribution in [0.5, 0.6) is 0 Å². The number of halogens is 1. The van der Waals surface area contributed by atoms with E-state index in [1.54, 1.807) is 17.0 Å². The third kappa shape index (κ3) is 3.34. The lowest BCUT2D eigenvalue weighted by molar-refractivity contribution is 0.0555. The Morgan fingerprint density at radius 2 is 1.81 bits per heavy atom. The first kappa shape index (κ1) is 19.6. The minimum Gasteiger partial charge on any atom is -0.336 e. The van der Waals surface area contributed by atoms with Crippen LogP contribution in [0.4, 0.5) is 10.3 Å². The molecule has 3 aromatic rings. The molecule has 2 saturated heterocycles. The minimum absolute atomic E-state index is 0.00396. The van der Waals surface area contributed by atoms with E-state index in [1.165, 1.54) is 23.3 Å². The summed E-state index contributed by atoms with van der Waals surface area (Å²) in [5.41, 5.74) is 2.00. The number of hydrogen-bond donors (Lipinski definition) is 0. The third-order valence-electron chi connectivity index (χ3n) is 6.27. The molecule has 4 heterocycles. The van der Waals surface area contributed by atoms with Crippen LogP contribution < -0.4 is 4.90 Å². The largest absolute Gasteiger partial charge is 0.336 e. The zero-order valence-electron chi connectivity index (χ0n) is 17.6. The Kier molecular flexibility index (Phi) is 4.68. The number of likely N-dealkylation sites (tertiary alicyclic amines) is 1. The van der Waals surface area contributed by atoms with Gasteiger partial charge in [-0.25, -0.2) is 14.4 Å². The molecule has 1 atom stereocenters. The van der Waals surface area contributed by atoms with Crippen molar-refractivity contribution < 1.29 is 9.18 Å². The lowest BCUT2D eigenvalue weighted by Crippen LogP contribution is -2.68. The van der Waals surface area contributed by atoms with E-state index < -0.39 is 5.82 Å². The molecule has 2 aromatic heterocycles. The molecule has 1 unspecified atom stereocenters. The fourth-order valence-electron chi connectivity index (χ4n) is 4.78. The molecule has 9 heteroatoms. The average Bonchev–Trinajstić information content (AvgIpc) is 3.26. The van der Waals surface area contributed by atoms with E-state index in [0.29, 0.717) is 24.7 Å². The van der Waals surface area contributed by atoms with E-state index in [2.05, 4.69) is 25.1 Å². The molecular formula is C22H24FN7O. The second-order valence-corrected chi connectivity index (χ2v) is 8.36. The van der Waals surface area contributed by atoms with Gasteiger partial charge in [0.25, 0.3) is 5.91 Å². The van der Waals surface area contributed by atoms with Gasteiger partial charge < -0.3 is 9.80 Å². The van der Waals surface area contributed by atoms with Crippen LogP contribution in [0.15, 0.2) is 36.7 Å². The highest BCUT2D eigenvalue weighted by molar-refractivity contribution is 5.98. The van der Waals surface area contributed by atoms with Crippen molar-refractivity contribution in [3.8, 4) is 5.69 Å². The van der Waals surface area contributed by atoms with Gasteiger partial charge in [-0.2, -0.15) is 15.0 Å². The van der Waals surface area contributed by atoms with Gasteiger partial charge in [0.15, 0.2) is 0 Å². The Labute approximate surface area is 179 Å². The molecule has 31 heavy (non-hydrogen) atoms. The second kappa shape index (κ2) is 7.40. The van der Waals surface area contributed by atoms with Crippen molar-refractivity contribution in [1.29, 1.82) is 0 Å². The van der Waals surface area contributed by atoms with E-state index >= 15 is 0 Å². The zero-order valence-corrected chi connectivity index (χ0v) is 17.6. The second-order valence-electron chi connectivity index (χ2n) is 8.36. The molecular weight excluding hydrogens is 397 g/mol. The van der Waals surface area contributed by atoms with Gasteiger partial charge >= 0.3 is 0 Å². The molecule has 2 aliphatic rings. The number of nitrogens with zero attached hydrogens (tertiary/aromatic N) is 7. The first-order valence-corrected chi connectivity index (χ1v) is 10.5. The number of anilines is 1. The number of rotatable bonds is 3. The van der Waals surface area contributed by atoms with E-state index in [-0.39, 0.29) is 17.0 Å². The van der Waals surface area contributed by atoms with Crippen LogP contribution in [0.3, 0.4) is 0 Å². The zero-order chi connectivity index (χ0) is 21.6. The number of carbonyl (C=O) groups is 1. The highest BCUT2D eigenvalue weighted by Gasteiger charge is 2.49. The van der Waals surface area contributed by atoms with Gasteiger partial charge in [-0.3, -0.25) is 4.79 Å². The molecule has 0 aliphatic carbocycles. The van der Waals surface area contributed by atoms with Crippen LogP contribution in [-0.2, 0) is 0 Å². The maximum Gasteiger partial charge on any atom is 0.259 e. The molecule has 1 spiro atoms. The van der Waals surface area contributed by atoms with Gasteiger partial charge in [0, 0.05) is 31.0 Å². The van der Waals surface area contributed by atoms with Crippen LogP contribution in [0.1, 0.15) is 41.0 Å². The summed E-state index contributed by atoms with van der Waals surface area (Å²) in [7, 11) is 0. The topological polar surface area (TPSA) is 80.0 Å². The standard InChI is InChI=1S/C22H24FN7O/c1-15-13-16(2)27-21(26-15)29-12-8-22(29)7-4-11-28(14-22)20(31)19-17(23)5-3-6-18(19)30-24-9-10-25-30/h3,5-6,9-10,13H,4,7-8,11-12,14H2,1-2H3. The summed E-state index contributed by atoms with van der Waals surface area (Å²) in [5, 5.41) is 8.17. The Balaban J connectivity index is 1.45. The number of hydrogen-bond acceptors (Lipinski definition) is 6. The first-order chi connectivity index (χ1) is 15.0. The lowest BCUT2D eigenvalue weighted by Gasteiger charge is -2.57. The SMILES string of the molecule is Cc1cc(C)nc(N2CCC23CCCN(C(=O)c2c(F)cccc2-n2nccn2)C3)n1. The van der Waals surface area contributed by atoms with Crippen molar-refractivity contribution in [2.45, 2.75) is 38.6 Å². The van der Waals surface area contributed by atoms with E-state index in [0.717, 1.165) is 37.2 Å². The Morgan fingerprint density at radius 3 is 2.48 bits per heavy atom. The Morgan fingerprint density at radius 1 is 1.06 bits per heavy atom. The Hall–Kier alpha value is -3.36. The van der Waals surface area contributed by atoms with E-state index in [9.17, 15) is 9.18 Å². The van der Waals surface area contributed by atoms with Crippen molar-refractivity contribution in [1.82, 2.24) is 29.9 Å². The molecule has 1 aromatic carbocycles. The van der Waals surface area contributed by atoms with Crippen molar-refractivity contribution in [3.63, 3.8) is 0 Å². The van der Waals surface area contributed by atoms with Gasteiger partial charge in [-0.1, -0.05) is 6.07 Å². The van der Waals surface area contributed by atoms with Crippen LogP contribution in [0, 0.1) is 19.7 Å². The van der Waals surface area contributed by atoms with Gasteiger partial charge in [0.1, 0.15) is 17.1 Å². The van der Waals surface area contributed by atoms with E-state index in [1.807, 2.05) is 19.9 Å². The van der Waals surface area contributed by atoms with Crippen molar-refractivity contribution in [2.24, 2.45) is 0 Å². The summed E-state index contributed by atoms with van der Waals surface area (Å²) in [5.74, 6) is -0.189. The minimum atomic E-state index is -0.567. The van der Waals surface area contributed by atoms with Crippen LogP contribution >= 0.6 is 0 Å². The van der Waals surface area contributed by atoms with Gasteiger partial charge in [-0.15, -0.1) is 0 Å². The number of amides is 1. The number of aromatic nitrogens is 5.